The van der Waals surface area contributed by atoms with Crippen LogP contribution in [-0.2, 0) is 9.59 Å². The monoisotopic (exact) mass is 289 g/mol. The Balaban J connectivity index is 2.01. The number of hydrogen-bond acceptors (Lipinski definition) is 3. The highest BCUT2D eigenvalue weighted by molar-refractivity contribution is 5.88. The normalized spacial score (nSPS) is 19.4. The van der Waals surface area contributed by atoms with E-state index in [1.807, 2.05) is 30.3 Å². The van der Waals surface area contributed by atoms with Crippen molar-refractivity contribution in [3.05, 3.63) is 35.9 Å². The SMILES string of the molecule is CN(C)C(=O)C1CCCN1C(=O)CC(N)c1ccccc1. The maximum Gasteiger partial charge on any atom is 0.244 e. The summed E-state index contributed by atoms with van der Waals surface area (Å²) in [5.74, 6) is -0.0433. The maximum atomic E-state index is 12.4. The molecule has 2 unspecified atom stereocenters. The van der Waals surface area contributed by atoms with Gasteiger partial charge in [0.25, 0.3) is 0 Å². The van der Waals surface area contributed by atoms with Crippen LogP contribution in [0.1, 0.15) is 30.9 Å². The zero-order valence-corrected chi connectivity index (χ0v) is 12.7. The van der Waals surface area contributed by atoms with Crippen molar-refractivity contribution < 1.29 is 9.59 Å². The second-order valence-corrected chi connectivity index (χ2v) is 5.70. The Kier molecular flexibility index (Phi) is 4.96. The number of carbonyl (C=O) groups excluding carboxylic acids is 2. The minimum atomic E-state index is -0.325. The molecule has 2 N–H and O–H groups in total. The number of likely N-dealkylation sites (tertiary alicyclic amines) is 1. The lowest BCUT2D eigenvalue weighted by atomic mass is 10.0. The number of likely N-dealkylation sites (N-methyl/N-ethyl adjacent to an activating group) is 1. The third-order valence-electron chi connectivity index (χ3n) is 3.92. The molecule has 0 saturated carbocycles. The van der Waals surface area contributed by atoms with Gasteiger partial charge >= 0.3 is 0 Å². The van der Waals surface area contributed by atoms with Gasteiger partial charge in [0, 0.05) is 33.1 Å². The lowest BCUT2D eigenvalue weighted by Crippen LogP contribution is -2.46. The number of carbonyl (C=O) groups is 2. The van der Waals surface area contributed by atoms with Crippen molar-refractivity contribution in [2.45, 2.75) is 31.3 Å². The molecule has 0 aromatic heterocycles. The lowest BCUT2D eigenvalue weighted by molar-refractivity contribution is -0.142. The topological polar surface area (TPSA) is 66.6 Å². The summed E-state index contributed by atoms with van der Waals surface area (Å²) in [6, 6.07) is 8.94. The van der Waals surface area contributed by atoms with Crippen molar-refractivity contribution >= 4 is 11.8 Å². The summed E-state index contributed by atoms with van der Waals surface area (Å²) in [5, 5.41) is 0. The van der Waals surface area contributed by atoms with Gasteiger partial charge in [-0.1, -0.05) is 30.3 Å². The van der Waals surface area contributed by atoms with E-state index in [4.69, 9.17) is 5.73 Å². The molecule has 1 saturated heterocycles. The van der Waals surface area contributed by atoms with E-state index in [9.17, 15) is 9.59 Å². The highest BCUT2D eigenvalue weighted by Crippen LogP contribution is 2.22. The molecule has 1 aromatic carbocycles. The molecule has 0 bridgehead atoms. The van der Waals surface area contributed by atoms with Crippen molar-refractivity contribution in [3.8, 4) is 0 Å². The molecule has 1 fully saturated rings. The van der Waals surface area contributed by atoms with E-state index >= 15 is 0 Å². The maximum absolute atomic E-state index is 12.4. The average molecular weight is 289 g/mol. The highest BCUT2D eigenvalue weighted by atomic mass is 16.2. The molecule has 2 rings (SSSR count). The van der Waals surface area contributed by atoms with Crippen LogP contribution in [0.2, 0.25) is 0 Å². The molecule has 21 heavy (non-hydrogen) atoms. The van der Waals surface area contributed by atoms with Crippen LogP contribution in [0.4, 0.5) is 0 Å². The van der Waals surface area contributed by atoms with Gasteiger partial charge in [-0.3, -0.25) is 9.59 Å². The summed E-state index contributed by atoms with van der Waals surface area (Å²) < 4.78 is 0. The molecular weight excluding hydrogens is 266 g/mol. The molecule has 0 aliphatic carbocycles. The Labute approximate surface area is 125 Å². The molecule has 1 aliphatic rings. The second-order valence-electron chi connectivity index (χ2n) is 5.70. The van der Waals surface area contributed by atoms with Crippen molar-refractivity contribution in [3.63, 3.8) is 0 Å². The molecule has 2 atom stereocenters. The second kappa shape index (κ2) is 6.72. The number of nitrogens with zero attached hydrogens (tertiary/aromatic N) is 2. The van der Waals surface area contributed by atoms with Crippen LogP contribution >= 0.6 is 0 Å². The summed E-state index contributed by atoms with van der Waals surface area (Å²) in [6.07, 6.45) is 1.85. The smallest absolute Gasteiger partial charge is 0.244 e. The van der Waals surface area contributed by atoms with E-state index in [2.05, 4.69) is 0 Å². The summed E-state index contributed by atoms with van der Waals surface area (Å²) in [6.45, 7) is 0.643. The first-order chi connectivity index (χ1) is 10.0. The van der Waals surface area contributed by atoms with Crippen LogP contribution in [-0.4, -0.2) is 48.3 Å². The Bertz CT molecular complexity index is 502. The van der Waals surface area contributed by atoms with Gasteiger partial charge in [0.15, 0.2) is 0 Å². The summed E-state index contributed by atoms with van der Waals surface area (Å²) in [7, 11) is 3.44. The van der Waals surface area contributed by atoms with Gasteiger partial charge in [0.05, 0.1) is 0 Å². The standard InChI is InChI=1S/C16H23N3O2/c1-18(2)16(21)14-9-6-10-19(14)15(20)11-13(17)12-7-4-3-5-8-12/h3-5,7-8,13-14H,6,9-11,17H2,1-2H3. The molecule has 5 heteroatoms. The zero-order chi connectivity index (χ0) is 15.4. The van der Waals surface area contributed by atoms with Crippen LogP contribution in [0.5, 0.6) is 0 Å². The number of nitrogens with two attached hydrogens (primary N) is 1. The van der Waals surface area contributed by atoms with Crippen LogP contribution in [0.15, 0.2) is 30.3 Å². The molecule has 1 aromatic rings. The Morgan fingerprint density at radius 1 is 1.33 bits per heavy atom. The number of amides is 2. The fraction of sp³-hybridized carbons (Fsp3) is 0.500. The van der Waals surface area contributed by atoms with Crippen LogP contribution in [0.3, 0.4) is 0 Å². The Hall–Kier alpha value is -1.88. The molecule has 2 amide bonds. The van der Waals surface area contributed by atoms with Crippen LogP contribution in [0, 0.1) is 0 Å². The Morgan fingerprint density at radius 3 is 2.62 bits per heavy atom. The van der Waals surface area contributed by atoms with Gasteiger partial charge in [-0.05, 0) is 18.4 Å². The molecule has 0 radical (unpaired) electrons. The fourth-order valence-electron chi connectivity index (χ4n) is 2.74. The van der Waals surface area contributed by atoms with Crippen molar-refractivity contribution in [1.82, 2.24) is 9.80 Å². The fourth-order valence-corrected chi connectivity index (χ4v) is 2.74. The van der Waals surface area contributed by atoms with Gasteiger partial charge < -0.3 is 15.5 Å². The molecular formula is C16H23N3O2. The van der Waals surface area contributed by atoms with Gasteiger partial charge in [0.1, 0.15) is 6.04 Å². The molecule has 1 heterocycles. The van der Waals surface area contributed by atoms with E-state index in [1.54, 1.807) is 23.9 Å². The molecule has 1 aliphatic heterocycles. The van der Waals surface area contributed by atoms with Crippen molar-refractivity contribution in [2.24, 2.45) is 5.73 Å². The minimum absolute atomic E-state index is 0.00543. The van der Waals surface area contributed by atoms with Gasteiger partial charge in [-0.2, -0.15) is 0 Å². The first-order valence-corrected chi connectivity index (χ1v) is 7.32. The highest BCUT2D eigenvalue weighted by Gasteiger charge is 2.35. The molecule has 5 nitrogen and oxygen atoms in total. The molecule has 114 valence electrons. The minimum Gasteiger partial charge on any atom is -0.347 e. The average Bonchev–Trinajstić information content (AvgIpc) is 2.96. The summed E-state index contributed by atoms with van der Waals surface area (Å²) in [4.78, 5) is 27.8. The van der Waals surface area contributed by atoms with Gasteiger partial charge in [-0.15, -0.1) is 0 Å². The van der Waals surface area contributed by atoms with Crippen LogP contribution in [0.25, 0.3) is 0 Å². The van der Waals surface area contributed by atoms with E-state index in [1.165, 1.54) is 0 Å². The predicted molar refractivity (Wildman–Crippen MR) is 81.4 cm³/mol. The first-order valence-electron chi connectivity index (χ1n) is 7.32. The van der Waals surface area contributed by atoms with Crippen molar-refractivity contribution in [1.29, 1.82) is 0 Å². The third-order valence-corrected chi connectivity index (χ3v) is 3.92. The quantitative estimate of drug-likeness (QED) is 0.904. The van der Waals surface area contributed by atoms with E-state index < -0.39 is 0 Å². The molecule has 0 spiro atoms. The zero-order valence-electron chi connectivity index (χ0n) is 12.7. The third kappa shape index (κ3) is 3.61. The van der Waals surface area contributed by atoms with Gasteiger partial charge in [-0.25, -0.2) is 0 Å². The Morgan fingerprint density at radius 2 is 2.00 bits per heavy atom. The summed E-state index contributed by atoms with van der Waals surface area (Å²) in [5.41, 5.74) is 7.05. The van der Waals surface area contributed by atoms with Crippen LogP contribution < -0.4 is 5.73 Å². The van der Waals surface area contributed by atoms with Crippen molar-refractivity contribution in [2.75, 3.05) is 20.6 Å². The van der Waals surface area contributed by atoms with Gasteiger partial charge in [0.2, 0.25) is 11.8 Å². The predicted octanol–water partition coefficient (Wildman–Crippen LogP) is 1.16. The largest absolute Gasteiger partial charge is 0.347 e. The van der Waals surface area contributed by atoms with E-state index in [0.717, 1.165) is 18.4 Å². The number of hydrogen-bond donors (Lipinski definition) is 1. The van der Waals surface area contributed by atoms with E-state index in [-0.39, 0.29) is 30.3 Å². The summed E-state index contributed by atoms with van der Waals surface area (Å²) >= 11 is 0. The lowest BCUT2D eigenvalue weighted by Gasteiger charge is -2.27. The van der Waals surface area contributed by atoms with E-state index in [0.29, 0.717) is 6.54 Å². The number of rotatable bonds is 4. The number of benzene rings is 1. The first kappa shape index (κ1) is 15.5.